The molecule has 0 bridgehead atoms. The van der Waals surface area contributed by atoms with Crippen LogP contribution in [-0.2, 0) is 4.74 Å². The number of nitrogens with one attached hydrogen (secondary N) is 1. The quantitative estimate of drug-likeness (QED) is 0.600. The predicted molar refractivity (Wildman–Crippen MR) is 83.3 cm³/mol. The summed E-state index contributed by atoms with van der Waals surface area (Å²) in [5.41, 5.74) is 7.90. The highest BCUT2D eigenvalue weighted by Crippen LogP contribution is 2.28. The topological polar surface area (TPSA) is 64.4 Å². The van der Waals surface area contributed by atoms with Crippen LogP contribution >= 0.6 is 12.4 Å². The van der Waals surface area contributed by atoms with Gasteiger partial charge in [0, 0.05) is 31.0 Å². The SMILES string of the molecule is Cc1ccc(N)cc1C(=O)NCCCOCC1CC1.Cl. The minimum Gasteiger partial charge on any atom is -0.399 e. The molecule has 0 heterocycles. The van der Waals surface area contributed by atoms with Crippen LogP contribution in [0.3, 0.4) is 0 Å². The summed E-state index contributed by atoms with van der Waals surface area (Å²) in [6.07, 6.45) is 3.47. The second-order valence-corrected chi connectivity index (χ2v) is 5.20. The number of hydrogen-bond acceptors (Lipinski definition) is 3. The molecule has 5 heteroatoms. The normalized spacial score (nSPS) is 13.7. The van der Waals surface area contributed by atoms with Crippen molar-refractivity contribution in [3.05, 3.63) is 29.3 Å². The summed E-state index contributed by atoms with van der Waals surface area (Å²) in [6, 6.07) is 5.38. The van der Waals surface area contributed by atoms with E-state index in [-0.39, 0.29) is 18.3 Å². The summed E-state index contributed by atoms with van der Waals surface area (Å²) in [7, 11) is 0. The van der Waals surface area contributed by atoms with Gasteiger partial charge in [-0.3, -0.25) is 4.79 Å². The Labute approximate surface area is 126 Å². The van der Waals surface area contributed by atoms with Crippen LogP contribution in [0.5, 0.6) is 0 Å². The summed E-state index contributed by atoms with van der Waals surface area (Å²) in [6.45, 7) is 4.14. The van der Waals surface area contributed by atoms with Gasteiger partial charge in [-0.1, -0.05) is 6.07 Å². The van der Waals surface area contributed by atoms with E-state index in [1.807, 2.05) is 13.0 Å². The zero-order chi connectivity index (χ0) is 13.7. The Morgan fingerprint density at radius 2 is 2.20 bits per heavy atom. The molecule has 4 nitrogen and oxygen atoms in total. The fraction of sp³-hybridized carbons (Fsp3) is 0.533. The van der Waals surface area contributed by atoms with Crippen molar-refractivity contribution in [3.8, 4) is 0 Å². The van der Waals surface area contributed by atoms with Gasteiger partial charge in [-0.15, -0.1) is 12.4 Å². The highest BCUT2D eigenvalue weighted by Gasteiger charge is 2.20. The van der Waals surface area contributed by atoms with E-state index in [1.54, 1.807) is 12.1 Å². The Balaban J connectivity index is 0.00000200. The highest BCUT2D eigenvalue weighted by atomic mass is 35.5. The zero-order valence-corrected chi connectivity index (χ0v) is 12.7. The first kappa shape index (κ1) is 16.8. The number of anilines is 1. The maximum Gasteiger partial charge on any atom is 0.251 e. The lowest BCUT2D eigenvalue weighted by molar-refractivity contribution is 0.0937. The third-order valence-corrected chi connectivity index (χ3v) is 3.31. The Hall–Kier alpha value is -1.26. The minimum absolute atomic E-state index is 0. The molecule has 1 aliphatic carbocycles. The molecule has 0 radical (unpaired) electrons. The van der Waals surface area contributed by atoms with Gasteiger partial charge in [0.1, 0.15) is 0 Å². The van der Waals surface area contributed by atoms with Crippen LogP contribution in [0, 0.1) is 12.8 Å². The van der Waals surface area contributed by atoms with Gasteiger partial charge in [0.25, 0.3) is 5.91 Å². The van der Waals surface area contributed by atoms with E-state index in [9.17, 15) is 4.79 Å². The number of nitrogens with two attached hydrogens (primary N) is 1. The van der Waals surface area contributed by atoms with Crippen LogP contribution in [0.15, 0.2) is 18.2 Å². The average Bonchev–Trinajstić information content (AvgIpc) is 3.20. The van der Waals surface area contributed by atoms with Crippen molar-refractivity contribution < 1.29 is 9.53 Å². The largest absolute Gasteiger partial charge is 0.399 e. The fourth-order valence-electron chi connectivity index (χ4n) is 1.89. The van der Waals surface area contributed by atoms with Crippen LogP contribution in [0.25, 0.3) is 0 Å². The maximum atomic E-state index is 12.0. The number of benzene rings is 1. The van der Waals surface area contributed by atoms with Gasteiger partial charge in [-0.05, 0) is 49.8 Å². The van der Waals surface area contributed by atoms with Gasteiger partial charge in [0.15, 0.2) is 0 Å². The standard InChI is InChI=1S/C15H22N2O2.ClH/c1-11-3-6-13(16)9-14(11)15(18)17-7-2-8-19-10-12-4-5-12;/h3,6,9,12H,2,4-5,7-8,10,16H2,1H3,(H,17,18);1H. The molecule has 1 amide bonds. The first-order valence-corrected chi connectivity index (χ1v) is 6.89. The van der Waals surface area contributed by atoms with E-state index < -0.39 is 0 Å². The smallest absolute Gasteiger partial charge is 0.251 e. The molecule has 0 atom stereocenters. The van der Waals surface area contributed by atoms with E-state index in [0.29, 0.717) is 24.4 Å². The summed E-state index contributed by atoms with van der Waals surface area (Å²) in [5, 5.41) is 2.90. The molecule has 1 saturated carbocycles. The number of hydrogen-bond donors (Lipinski definition) is 2. The predicted octanol–water partition coefficient (Wildman–Crippen LogP) is 2.55. The zero-order valence-electron chi connectivity index (χ0n) is 11.9. The Morgan fingerprint density at radius 1 is 1.45 bits per heavy atom. The molecule has 0 aliphatic heterocycles. The van der Waals surface area contributed by atoms with Crippen molar-refractivity contribution in [2.75, 3.05) is 25.5 Å². The third kappa shape index (κ3) is 5.39. The van der Waals surface area contributed by atoms with Crippen LogP contribution in [0.4, 0.5) is 5.69 Å². The number of halogens is 1. The number of carbonyl (C=O) groups excluding carboxylic acids is 1. The molecule has 0 unspecified atom stereocenters. The Bertz CT molecular complexity index is 447. The van der Waals surface area contributed by atoms with Crippen molar-refractivity contribution in [1.29, 1.82) is 0 Å². The second-order valence-electron chi connectivity index (χ2n) is 5.20. The first-order chi connectivity index (χ1) is 9.16. The molecule has 112 valence electrons. The number of rotatable bonds is 7. The highest BCUT2D eigenvalue weighted by molar-refractivity contribution is 5.96. The summed E-state index contributed by atoms with van der Waals surface area (Å²) in [5.74, 6) is 0.733. The molecule has 0 spiro atoms. The van der Waals surface area contributed by atoms with Crippen molar-refractivity contribution in [3.63, 3.8) is 0 Å². The maximum absolute atomic E-state index is 12.0. The van der Waals surface area contributed by atoms with Crippen LogP contribution in [-0.4, -0.2) is 25.7 Å². The number of amides is 1. The van der Waals surface area contributed by atoms with Gasteiger partial charge in [0.05, 0.1) is 0 Å². The van der Waals surface area contributed by atoms with E-state index in [0.717, 1.165) is 24.5 Å². The van der Waals surface area contributed by atoms with Gasteiger partial charge in [-0.25, -0.2) is 0 Å². The van der Waals surface area contributed by atoms with E-state index >= 15 is 0 Å². The van der Waals surface area contributed by atoms with Crippen LogP contribution in [0.1, 0.15) is 35.2 Å². The lowest BCUT2D eigenvalue weighted by atomic mass is 10.1. The lowest BCUT2D eigenvalue weighted by Crippen LogP contribution is -2.26. The first-order valence-electron chi connectivity index (χ1n) is 6.89. The summed E-state index contributed by atoms with van der Waals surface area (Å²) in [4.78, 5) is 12.0. The van der Waals surface area contributed by atoms with Crippen molar-refractivity contribution in [2.24, 2.45) is 5.92 Å². The molecule has 1 aliphatic rings. The summed E-state index contributed by atoms with van der Waals surface area (Å²) < 4.78 is 5.52. The molecule has 2 rings (SSSR count). The van der Waals surface area contributed by atoms with Crippen LogP contribution < -0.4 is 11.1 Å². The van der Waals surface area contributed by atoms with Gasteiger partial charge < -0.3 is 15.8 Å². The fourth-order valence-corrected chi connectivity index (χ4v) is 1.89. The second kappa shape index (κ2) is 8.12. The van der Waals surface area contributed by atoms with Gasteiger partial charge in [0.2, 0.25) is 0 Å². The molecule has 3 N–H and O–H groups in total. The molecular formula is C15H23ClN2O2. The molecular weight excluding hydrogens is 276 g/mol. The minimum atomic E-state index is -0.0630. The van der Waals surface area contributed by atoms with Crippen molar-refractivity contribution in [2.45, 2.75) is 26.2 Å². The van der Waals surface area contributed by atoms with Gasteiger partial charge >= 0.3 is 0 Å². The van der Waals surface area contributed by atoms with E-state index in [1.165, 1.54) is 12.8 Å². The Morgan fingerprint density at radius 3 is 2.90 bits per heavy atom. The van der Waals surface area contributed by atoms with Crippen molar-refractivity contribution in [1.82, 2.24) is 5.32 Å². The molecule has 0 aromatic heterocycles. The molecule has 1 aromatic carbocycles. The third-order valence-electron chi connectivity index (χ3n) is 3.31. The van der Waals surface area contributed by atoms with Crippen LogP contribution in [0.2, 0.25) is 0 Å². The average molecular weight is 299 g/mol. The molecule has 1 aromatic rings. The van der Waals surface area contributed by atoms with E-state index in [2.05, 4.69) is 5.32 Å². The molecule has 20 heavy (non-hydrogen) atoms. The van der Waals surface area contributed by atoms with Crippen molar-refractivity contribution >= 4 is 24.0 Å². The number of carbonyl (C=O) groups is 1. The number of aryl methyl sites for hydroxylation is 1. The lowest BCUT2D eigenvalue weighted by Gasteiger charge is -2.08. The number of nitrogen functional groups attached to an aromatic ring is 1. The molecule has 1 fully saturated rings. The summed E-state index contributed by atoms with van der Waals surface area (Å²) >= 11 is 0. The monoisotopic (exact) mass is 298 g/mol. The van der Waals surface area contributed by atoms with E-state index in [4.69, 9.17) is 10.5 Å². The Kier molecular flexibility index (Phi) is 6.82. The van der Waals surface area contributed by atoms with Gasteiger partial charge in [-0.2, -0.15) is 0 Å². The number of ether oxygens (including phenoxy) is 1. The molecule has 0 saturated heterocycles.